The fraction of sp³-hybridized carbons (Fsp3) is 0.310. The summed E-state index contributed by atoms with van der Waals surface area (Å²) in [6, 6.07) is 22.6. The number of amides is 2. The third-order valence-corrected chi connectivity index (χ3v) is 7.34. The predicted octanol–water partition coefficient (Wildman–Crippen LogP) is 3.59. The average Bonchev–Trinajstić information content (AvgIpc) is 2.95. The third kappa shape index (κ3) is 8.22. The van der Waals surface area contributed by atoms with Gasteiger partial charge < -0.3 is 19.7 Å². The molecular weight excluding hydrogens is 518 g/mol. The first-order chi connectivity index (χ1) is 18.7. The molecule has 0 aliphatic heterocycles. The van der Waals surface area contributed by atoms with Crippen LogP contribution in [-0.2, 0) is 32.8 Å². The highest BCUT2D eigenvalue weighted by molar-refractivity contribution is 7.92. The molecule has 0 aromatic heterocycles. The van der Waals surface area contributed by atoms with Gasteiger partial charge in [-0.25, -0.2) is 8.42 Å². The summed E-state index contributed by atoms with van der Waals surface area (Å²) in [5.74, 6) is 0.393. The maximum atomic E-state index is 13.6. The maximum Gasteiger partial charge on any atom is 0.244 e. The van der Waals surface area contributed by atoms with Crippen LogP contribution in [-0.4, -0.2) is 58.1 Å². The van der Waals surface area contributed by atoms with E-state index in [0.717, 1.165) is 21.7 Å². The van der Waals surface area contributed by atoms with E-state index in [9.17, 15) is 18.0 Å². The fourth-order valence-corrected chi connectivity index (χ4v) is 4.93. The molecule has 2 amide bonds. The molecule has 0 spiro atoms. The molecule has 3 aromatic carbocycles. The number of hydrogen-bond acceptors (Lipinski definition) is 6. The number of nitrogens with one attached hydrogen (secondary N) is 1. The van der Waals surface area contributed by atoms with Crippen molar-refractivity contribution in [2.45, 2.75) is 32.5 Å². The molecule has 3 rings (SSSR count). The lowest BCUT2D eigenvalue weighted by Gasteiger charge is -2.32. The quantitative estimate of drug-likeness (QED) is 0.347. The van der Waals surface area contributed by atoms with Gasteiger partial charge in [0.2, 0.25) is 21.8 Å². The Morgan fingerprint density at radius 1 is 0.897 bits per heavy atom. The van der Waals surface area contributed by atoms with E-state index in [1.165, 1.54) is 11.9 Å². The van der Waals surface area contributed by atoms with Gasteiger partial charge in [0.1, 0.15) is 30.7 Å². The van der Waals surface area contributed by atoms with Gasteiger partial charge in [0.15, 0.2) is 0 Å². The smallest absolute Gasteiger partial charge is 0.244 e. The van der Waals surface area contributed by atoms with Crippen molar-refractivity contribution < 1.29 is 27.5 Å². The lowest BCUT2D eigenvalue weighted by atomic mass is 10.1. The van der Waals surface area contributed by atoms with Crippen LogP contribution in [0.25, 0.3) is 0 Å². The second-order valence-electron chi connectivity index (χ2n) is 8.95. The highest BCUT2D eigenvalue weighted by Gasteiger charge is 2.31. The van der Waals surface area contributed by atoms with Crippen molar-refractivity contribution in [1.29, 1.82) is 0 Å². The summed E-state index contributed by atoms with van der Waals surface area (Å²) in [5.41, 5.74) is 2.09. The van der Waals surface area contributed by atoms with Crippen LogP contribution in [0.1, 0.15) is 24.5 Å². The van der Waals surface area contributed by atoms with Crippen molar-refractivity contribution in [3.63, 3.8) is 0 Å². The van der Waals surface area contributed by atoms with E-state index in [1.807, 2.05) is 30.3 Å². The van der Waals surface area contributed by atoms with Gasteiger partial charge in [0.05, 0.1) is 19.1 Å². The maximum absolute atomic E-state index is 13.6. The van der Waals surface area contributed by atoms with Gasteiger partial charge in [-0.2, -0.15) is 0 Å². The van der Waals surface area contributed by atoms with Crippen molar-refractivity contribution >= 4 is 27.5 Å². The van der Waals surface area contributed by atoms with Crippen molar-refractivity contribution in [2.75, 3.05) is 31.3 Å². The van der Waals surface area contributed by atoms with Crippen LogP contribution in [0.15, 0.2) is 78.9 Å². The minimum absolute atomic E-state index is 0.124. The van der Waals surface area contributed by atoms with Crippen molar-refractivity contribution in [3.05, 3.63) is 90.0 Å². The number of anilines is 1. The van der Waals surface area contributed by atoms with Gasteiger partial charge in [-0.15, -0.1) is 0 Å². The van der Waals surface area contributed by atoms with Gasteiger partial charge in [0, 0.05) is 13.6 Å². The molecule has 0 heterocycles. The van der Waals surface area contributed by atoms with Gasteiger partial charge in [-0.1, -0.05) is 49.4 Å². The fourth-order valence-electron chi connectivity index (χ4n) is 4.08. The number of carbonyl (C=O) groups excluding carboxylic acids is 2. The number of benzene rings is 3. The number of rotatable bonds is 13. The Kier molecular flexibility index (Phi) is 10.3. The van der Waals surface area contributed by atoms with Gasteiger partial charge in [-0.05, 0) is 53.9 Å². The zero-order chi connectivity index (χ0) is 28.4. The number of methoxy groups -OCH3 is 1. The number of ether oxygens (including phenoxy) is 2. The lowest BCUT2D eigenvalue weighted by molar-refractivity contribution is -0.140. The average molecular weight is 554 g/mol. The largest absolute Gasteiger partial charge is 0.497 e. The molecule has 0 aliphatic rings. The summed E-state index contributed by atoms with van der Waals surface area (Å²) < 4.78 is 37.6. The van der Waals surface area contributed by atoms with Crippen molar-refractivity contribution in [1.82, 2.24) is 10.2 Å². The standard InChI is InChI=1S/C29H35N3O6S/c1-5-27(29(34)30-2)31(19-22-11-15-25(37-3)16-12-22)28(33)20-32(39(4,35)36)24-13-17-26(18-14-24)38-21-23-9-7-6-8-10-23/h6-18,27H,5,19-21H2,1-4H3,(H,30,34)/t27-/m1/s1. The summed E-state index contributed by atoms with van der Waals surface area (Å²) in [6.45, 7) is 1.83. The second kappa shape index (κ2) is 13.7. The van der Waals surface area contributed by atoms with Gasteiger partial charge in [-0.3, -0.25) is 13.9 Å². The molecule has 0 saturated carbocycles. The predicted molar refractivity (Wildman–Crippen MR) is 151 cm³/mol. The monoisotopic (exact) mass is 553 g/mol. The van der Waals surface area contributed by atoms with E-state index < -0.39 is 28.5 Å². The topological polar surface area (TPSA) is 105 Å². The zero-order valence-corrected chi connectivity index (χ0v) is 23.5. The normalized spacial score (nSPS) is 11.8. The molecule has 3 aromatic rings. The Labute approximate surface area is 230 Å². The molecule has 0 radical (unpaired) electrons. The first-order valence-electron chi connectivity index (χ1n) is 12.5. The van der Waals surface area contributed by atoms with E-state index in [4.69, 9.17) is 9.47 Å². The molecule has 1 N–H and O–H groups in total. The van der Waals surface area contributed by atoms with E-state index >= 15 is 0 Å². The summed E-state index contributed by atoms with van der Waals surface area (Å²) in [7, 11) is -0.761. The molecule has 0 bridgehead atoms. The minimum atomic E-state index is -3.83. The molecule has 39 heavy (non-hydrogen) atoms. The van der Waals surface area contributed by atoms with Crippen LogP contribution in [0, 0.1) is 0 Å². The molecule has 1 atom stereocenters. The molecular formula is C29H35N3O6S. The molecule has 0 aliphatic carbocycles. The Hall–Kier alpha value is -4.05. The number of hydrogen-bond donors (Lipinski definition) is 1. The summed E-state index contributed by atoms with van der Waals surface area (Å²) in [4.78, 5) is 27.7. The van der Waals surface area contributed by atoms with Crippen LogP contribution in [0.4, 0.5) is 5.69 Å². The highest BCUT2D eigenvalue weighted by Crippen LogP contribution is 2.24. The molecule has 0 unspecified atom stereocenters. The SMILES string of the molecule is CC[C@H](C(=O)NC)N(Cc1ccc(OC)cc1)C(=O)CN(c1ccc(OCc2ccccc2)cc1)S(C)(=O)=O. The Balaban J connectivity index is 1.83. The van der Waals surface area contributed by atoms with Crippen LogP contribution in [0.2, 0.25) is 0 Å². The summed E-state index contributed by atoms with van der Waals surface area (Å²) >= 11 is 0. The van der Waals surface area contributed by atoms with Crippen LogP contribution in [0.5, 0.6) is 11.5 Å². The van der Waals surface area contributed by atoms with E-state index in [-0.39, 0.29) is 12.5 Å². The number of sulfonamides is 1. The van der Waals surface area contributed by atoms with Gasteiger partial charge in [0.25, 0.3) is 0 Å². The van der Waals surface area contributed by atoms with Crippen molar-refractivity contribution in [3.8, 4) is 11.5 Å². The second-order valence-corrected chi connectivity index (χ2v) is 10.9. The number of likely N-dealkylation sites (N-methyl/N-ethyl adjacent to an activating group) is 1. The third-order valence-electron chi connectivity index (χ3n) is 6.20. The van der Waals surface area contributed by atoms with E-state index in [2.05, 4.69) is 5.32 Å². The van der Waals surface area contributed by atoms with E-state index in [1.54, 1.807) is 62.6 Å². The number of nitrogens with zero attached hydrogens (tertiary/aromatic N) is 2. The summed E-state index contributed by atoms with van der Waals surface area (Å²) in [6.07, 6.45) is 1.40. The van der Waals surface area contributed by atoms with Crippen LogP contribution >= 0.6 is 0 Å². The highest BCUT2D eigenvalue weighted by atomic mass is 32.2. The minimum Gasteiger partial charge on any atom is -0.497 e. The summed E-state index contributed by atoms with van der Waals surface area (Å²) in [5, 5.41) is 2.60. The molecule has 208 valence electrons. The first-order valence-corrected chi connectivity index (χ1v) is 14.4. The van der Waals surface area contributed by atoms with E-state index in [0.29, 0.717) is 30.2 Å². The van der Waals surface area contributed by atoms with Crippen LogP contribution < -0.4 is 19.1 Å². The molecule has 0 fully saturated rings. The molecule has 10 heteroatoms. The Morgan fingerprint density at radius 3 is 2.05 bits per heavy atom. The Bertz CT molecular complexity index is 1330. The number of carbonyl (C=O) groups is 2. The first kappa shape index (κ1) is 29.5. The lowest BCUT2D eigenvalue weighted by Crippen LogP contribution is -2.51. The Morgan fingerprint density at radius 2 is 1.51 bits per heavy atom. The van der Waals surface area contributed by atoms with Gasteiger partial charge >= 0.3 is 0 Å². The van der Waals surface area contributed by atoms with Crippen LogP contribution in [0.3, 0.4) is 0 Å². The van der Waals surface area contributed by atoms with Crippen molar-refractivity contribution in [2.24, 2.45) is 0 Å². The zero-order valence-electron chi connectivity index (χ0n) is 22.7. The molecule has 0 saturated heterocycles. The molecule has 9 nitrogen and oxygen atoms in total.